The number of carbonyl (C=O) groups excluding carboxylic acids is 1. The van der Waals surface area contributed by atoms with Crippen LogP contribution < -0.4 is 15.0 Å². The number of carbonyl (C=O) groups is 2. The number of benzene rings is 1. The summed E-state index contributed by atoms with van der Waals surface area (Å²) in [5.41, 5.74) is -1.26. The lowest BCUT2D eigenvalue weighted by atomic mass is 9.48. The first-order valence-corrected chi connectivity index (χ1v) is 19.3. The highest BCUT2D eigenvalue weighted by atomic mass is 19.3. The molecule has 1 aromatic carbocycles. The normalized spacial score (nSPS) is 34.1. The van der Waals surface area contributed by atoms with Gasteiger partial charge in [-0.05, 0) is 118 Å². The van der Waals surface area contributed by atoms with E-state index in [1.165, 1.54) is 0 Å². The number of rotatable bonds is 8. The maximum absolute atomic E-state index is 15.4. The molecule has 2 N–H and O–H groups in total. The monoisotopic (exact) mass is 741 g/mol. The van der Waals surface area contributed by atoms with E-state index in [1.54, 1.807) is 0 Å². The number of halogens is 4. The molecule has 0 radical (unpaired) electrons. The number of carboxylic acids is 1. The summed E-state index contributed by atoms with van der Waals surface area (Å²) in [6.45, 7) is 1.85. The minimum Gasteiger partial charge on any atom is -0.490 e. The van der Waals surface area contributed by atoms with Gasteiger partial charge in [0.1, 0.15) is 17.0 Å². The Labute approximate surface area is 306 Å². The van der Waals surface area contributed by atoms with E-state index >= 15 is 8.78 Å². The maximum Gasteiger partial charge on any atom is 0.330 e. The molecular formula is C39H47F4N5O5. The maximum atomic E-state index is 15.4. The summed E-state index contributed by atoms with van der Waals surface area (Å²) in [6, 6.07) is 5.94. The predicted molar refractivity (Wildman–Crippen MR) is 185 cm³/mol. The first-order valence-electron chi connectivity index (χ1n) is 19.3. The van der Waals surface area contributed by atoms with Crippen molar-refractivity contribution >= 4 is 23.5 Å². The number of alkyl halides is 4. The van der Waals surface area contributed by atoms with Crippen LogP contribution in [-0.4, -0.2) is 88.3 Å². The minimum absolute atomic E-state index is 0.0359. The largest absolute Gasteiger partial charge is 0.490 e. The van der Waals surface area contributed by atoms with Gasteiger partial charge in [0.15, 0.2) is 0 Å². The third-order valence-corrected chi connectivity index (χ3v) is 13.9. The molecule has 8 aliphatic rings. The average molecular weight is 742 g/mol. The topological polar surface area (TPSA) is 117 Å². The fourth-order valence-electron chi connectivity index (χ4n) is 11.4. The van der Waals surface area contributed by atoms with Crippen molar-refractivity contribution in [3.05, 3.63) is 41.2 Å². The molecule has 7 fully saturated rings. The van der Waals surface area contributed by atoms with E-state index in [4.69, 9.17) is 9.47 Å². The highest BCUT2D eigenvalue weighted by Crippen LogP contribution is 2.58. The zero-order chi connectivity index (χ0) is 36.9. The van der Waals surface area contributed by atoms with Crippen molar-refractivity contribution in [1.29, 1.82) is 0 Å². The van der Waals surface area contributed by atoms with Crippen LogP contribution in [0, 0.1) is 23.7 Å². The van der Waals surface area contributed by atoms with Crippen molar-refractivity contribution in [1.82, 2.24) is 20.2 Å². The van der Waals surface area contributed by atoms with E-state index in [0.29, 0.717) is 82.8 Å². The number of fused-ring (bicyclic) bond motifs is 2. The number of nitrogens with zero attached hydrogens (tertiary/aromatic N) is 4. The fraction of sp³-hybridized carbons (Fsp3) is 0.692. The molecule has 0 unspecified atom stereocenters. The van der Waals surface area contributed by atoms with Gasteiger partial charge in [0, 0.05) is 50.0 Å². The highest BCUT2D eigenvalue weighted by Gasteiger charge is 2.62. The molecule has 10 nitrogen and oxygen atoms in total. The van der Waals surface area contributed by atoms with Crippen molar-refractivity contribution in [2.75, 3.05) is 37.7 Å². The van der Waals surface area contributed by atoms with Crippen molar-refractivity contribution < 1.29 is 41.7 Å². The van der Waals surface area contributed by atoms with E-state index in [1.807, 2.05) is 28.0 Å². The van der Waals surface area contributed by atoms with E-state index in [-0.39, 0.29) is 48.4 Å². The van der Waals surface area contributed by atoms with E-state index in [9.17, 15) is 23.5 Å². The second-order valence-corrected chi connectivity index (χ2v) is 17.2. The smallest absolute Gasteiger partial charge is 0.330 e. The predicted octanol–water partition coefficient (Wildman–Crippen LogP) is 6.44. The van der Waals surface area contributed by atoms with Gasteiger partial charge in [-0.15, -0.1) is 0 Å². The van der Waals surface area contributed by atoms with Crippen LogP contribution in [0.3, 0.4) is 0 Å². The summed E-state index contributed by atoms with van der Waals surface area (Å²) < 4.78 is 69.9. The first-order chi connectivity index (χ1) is 25.2. The van der Waals surface area contributed by atoms with Gasteiger partial charge in [-0.25, -0.2) is 23.5 Å². The molecule has 4 bridgehead atoms. The zero-order valence-electron chi connectivity index (χ0n) is 30.0. The third kappa shape index (κ3) is 5.97. The molecule has 4 heterocycles. The number of aliphatic carboxylic acids is 1. The number of likely N-dealkylation sites (tertiary alicyclic amines) is 1. The zero-order valence-corrected chi connectivity index (χ0v) is 30.0. The van der Waals surface area contributed by atoms with E-state index in [0.717, 1.165) is 49.6 Å². The lowest BCUT2D eigenvalue weighted by Crippen LogP contribution is -2.70. The summed E-state index contributed by atoms with van der Waals surface area (Å²) in [4.78, 5) is 39.4. The molecule has 2 saturated heterocycles. The molecule has 2 aromatic rings. The molecule has 10 rings (SSSR count). The number of anilines is 2. The second-order valence-electron chi connectivity index (χ2n) is 17.2. The number of carboxylic acid groups (broad SMARTS) is 1. The lowest BCUT2D eigenvalue weighted by molar-refractivity contribution is -0.163. The molecule has 1 amide bonds. The van der Waals surface area contributed by atoms with Crippen LogP contribution in [0.5, 0.6) is 5.75 Å². The van der Waals surface area contributed by atoms with Crippen LogP contribution in [0.15, 0.2) is 24.4 Å². The SMILES string of the molecule is CC(F)(F)c1nc(N2CC3(CCOCC3)c3cc(O[C@H]4CC[C@@H](N5CC(F)(F)C5)CC4)ccc32)ncc1C(=O)NC1(C(=O)O)C2CC3CC(C2)CC1C3. The molecule has 5 aliphatic carbocycles. The van der Waals surface area contributed by atoms with Crippen molar-refractivity contribution in [3.8, 4) is 5.75 Å². The molecule has 53 heavy (non-hydrogen) atoms. The number of ether oxygens (including phenoxy) is 2. The first kappa shape index (κ1) is 35.2. The Hall–Kier alpha value is -3.52. The Kier molecular flexibility index (Phi) is 8.31. The van der Waals surface area contributed by atoms with Gasteiger partial charge in [0.25, 0.3) is 17.8 Å². The Morgan fingerprint density at radius 3 is 2.25 bits per heavy atom. The lowest BCUT2D eigenvalue weighted by Gasteiger charge is -2.59. The molecule has 1 aromatic heterocycles. The summed E-state index contributed by atoms with van der Waals surface area (Å²) in [5, 5.41) is 13.3. The van der Waals surface area contributed by atoms with Gasteiger partial charge < -0.3 is 24.8 Å². The Morgan fingerprint density at radius 1 is 0.981 bits per heavy atom. The molecule has 286 valence electrons. The average Bonchev–Trinajstić information content (AvgIpc) is 3.40. The van der Waals surface area contributed by atoms with E-state index in [2.05, 4.69) is 15.3 Å². The molecule has 14 heteroatoms. The molecular weight excluding hydrogens is 694 g/mol. The summed E-state index contributed by atoms with van der Waals surface area (Å²) >= 11 is 0. The number of aromatic nitrogens is 2. The van der Waals surface area contributed by atoms with Crippen LogP contribution in [0.2, 0.25) is 0 Å². The third-order valence-electron chi connectivity index (χ3n) is 13.9. The molecule has 3 aliphatic heterocycles. The standard InChI is InChI=1S/C39H47F4N5O5/c1-36(40,41)32-29(33(49)46-39(34(50)51)24-13-22-12-23(15-24)16-25(39)14-22)18-44-35(45-32)48-19-37(8-10-52-11-9-37)30-17-28(6-7-31(30)48)53-27-4-2-26(3-5-27)47-20-38(42,43)21-47/h6-7,17-18,22-27H,2-5,8-16,19-21H2,1H3,(H,46,49)(H,50,51)/t22?,23?,24?,25?,26-,27+,39?. The number of amides is 1. The highest BCUT2D eigenvalue weighted by molar-refractivity contribution is 5.99. The van der Waals surface area contributed by atoms with Crippen LogP contribution in [0.4, 0.5) is 29.2 Å². The summed E-state index contributed by atoms with van der Waals surface area (Å²) in [5.74, 6) is -6.95. The molecule has 0 atom stereocenters. The Bertz CT molecular complexity index is 1750. The van der Waals surface area contributed by atoms with Crippen LogP contribution in [0.1, 0.15) is 99.2 Å². The molecule has 5 saturated carbocycles. The number of hydrogen-bond acceptors (Lipinski definition) is 8. The Balaban J connectivity index is 0.976. The van der Waals surface area contributed by atoms with Crippen molar-refractivity contribution in [2.45, 2.75) is 112 Å². The van der Waals surface area contributed by atoms with Gasteiger partial charge in [0.05, 0.1) is 24.8 Å². The second kappa shape index (κ2) is 12.5. The van der Waals surface area contributed by atoms with E-state index < -0.39 is 40.5 Å². The quantitative estimate of drug-likeness (QED) is 0.295. The Morgan fingerprint density at radius 2 is 1.64 bits per heavy atom. The summed E-state index contributed by atoms with van der Waals surface area (Å²) in [6.07, 6.45) is 9.57. The fourth-order valence-corrected chi connectivity index (χ4v) is 11.4. The van der Waals surface area contributed by atoms with Crippen LogP contribution in [-0.2, 0) is 20.9 Å². The van der Waals surface area contributed by atoms with Gasteiger partial charge in [-0.2, -0.15) is 8.78 Å². The van der Waals surface area contributed by atoms with Gasteiger partial charge in [-0.1, -0.05) is 0 Å². The van der Waals surface area contributed by atoms with Gasteiger partial charge in [-0.3, -0.25) is 9.69 Å². The van der Waals surface area contributed by atoms with Crippen LogP contribution >= 0.6 is 0 Å². The van der Waals surface area contributed by atoms with Gasteiger partial charge in [0.2, 0.25) is 5.95 Å². The number of nitrogens with one attached hydrogen (secondary N) is 1. The van der Waals surface area contributed by atoms with Crippen molar-refractivity contribution in [3.63, 3.8) is 0 Å². The van der Waals surface area contributed by atoms with Crippen molar-refractivity contribution in [2.24, 2.45) is 23.7 Å². The van der Waals surface area contributed by atoms with Crippen LogP contribution in [0.25, 0.3) is 0 Å². The number of hydrogen-bond donors (Lipinski definition) is 2. The summed E-state index contributed by atoms with van der Waals surface area (Å²) in [7, 11) is 0. The molecule has 1 spiro atoms. The minimum atomic E-state index is -3.52. The van der Waals surface area contributed by atoms with Gasteiger partial charge >= 0.3 is 5.97 Å².